The number of aryl methyl sites for hydroxylation is 1. The third-order valence-electron chi connectivity index (χ3n) is 6.88. The van der Waals surface area contributed by atoms with Crippen LogP contribution in [0.5, 0.6) is 0 Å². The number of anilines is 1. The summed E-state index contributed by atoms with van der Waals surface area (Å²) in [6.07, 6.45) is 2.72. The first-order chi connectivity index (χ1) is 18.1. The van der Waals surface area contributed by atoms with Gasteiger partial charge in [-0.1, -0.05) is 48.0 Å². The Morgan fingerprint density at radius 3 is 2.45 bits per heavy atom. The molecule has 0 unspecified atom stereocenters. The third kappa shape index (κ3) is 5.03. The zero-order chi connectivity index (χ0) is 27.0. The molecule has 0 saturated heterocycles. The van der Waals surface area contributed by atoms with E-state index in [-0.39, 0.29) is 18.0 Å². The lowest BCUT2D eigenvalue weighted by Crippen LogP contribution is -2.30. The standard InChI is InChI=1S/C29H32N6O3/c1-18-5-11-23(12-6-18)31-24(36)17-34-19(2)25(20-13-15-30-16-14-20)27(37)35-28(34)32-26(33-35)21-7-9-22(10-8-21)29(3,4)38/h5-13,30,38H,14-17H2,1-4H3,(H,31,36). The first-order valence-corrected chi connectivity index (χ1v) is 12.7. The van der Waals surface area contributed by atoms with E-state index in [1.54, 1.807) is 18.4 Å². The summed E-state index contributed by atoms with van der Waals surface area (Å²) in [7, 11) is 0. The summed E-state index contributed by atoms with van der Waals surface area (Å²) in [5.74, 6) is 0.436. The van der Waals surface area contributed by atoms with Crippen molar-refractivity contribution in [2.24, 2.45) is 0 Å². The van der Waals surface area contributed by atoms with Crippen molar-refractivity contribution in [3.8, 4) is 11.4 Å². The van der Waals surface area contributed by atoms with Gasteiger partial charge < -0.3 is 20.3 Å². The van der Waals surface area contributed by atoms with E-state index >= 15 is 0 Å². The molecule has 3 N–H and O–H groups in total. The molecule has 0 bridgehead atoms. The van der Waals surface area contributed by atoms with Crippen LogP contribution >= 0.6 is 0 Å². The highest BCUT2D eigenvalue weighted by molar-refractivity contribution is 5.91. The van der Waals surface area contributed by atoms with Crippen LogP contribution in [0.2, 0.25) is 0 Å². The summed E-state index contributed by atoms with van der Waals surface area (Å²) in [4.78, 5) is 31.5. The number of aromatic nitrogens is 4. The Morgan fingerprint density at radius 2 is 1.82 bits per heavy atom. The van der Waals surface area contributed by atoms with Gasteiger partial charge in [0.25, 0.3) is 5.56 Å². The Kier molecular flexibility index (Phi) is 6.73. The minimum Gasteiger partial charge on any atom is -0.386 e. The Morgan fingerprint density at radius 1 is 1.11 bits per heavy atom. The Labute approximate surface area is 220 Å². The fourth-order valence-corrected chi connectivity index (χ4v) is 4.70. The van der Waals surface area contributed by atoms with Crippen molar-refractivity contribution in [1.82, 2.24) is 24.5 Å². The molecule has 0 radical (unpaired) electrons. The molecule has 1 amide bonds. The number of aliphatic hydroxyl groups is 1. The van der Waals surface area contributed by atoms with Crippen LogP contribution in [0.3, 0.4) is 0 Å². The van der Waals surface area contributed by atoms with E-state index in [1.165, 1.54) is 4.52 Å². The first kappa shape index (κ1) is 25.6. The maximum Gasteiger partial charge on any atom is 0.283 e. The van der Waals surface area contributed by atoms with Crippen LogP contribution in [0, 0.1) is 13.8 Å². The predicted octanol–water partition coefficient (Wildman–Crippen LogP) is 3.42. The lowest BCUT2D eigenvalue weighted by molar-refractivity contribution is -0.116. The molecule has 4 aromatic rings. The van der Waals surface area contributed by atoms with Crippen molar-refractivity contribution in [3.63, 3.8) is 0 Å². The molecule has 0 aliphatic carbocycles. The van der Waals surface area contributed by atoms with Gasteiger partial charge in [0.15, 0.2) is 5.82 Å². The lowest BCUT2D eigenvalue weighted by atomic mass is 9.97. The van der Waals surface area contributed by atoms with Gasteiger partial charge in [-0.25, -0.2) is 0 Å². The molecule has 3 heterocycles. The fraction of sp³-hybridized carbons (Fsp3) is 0.310. The van der Waals surface area contributed by atoms with E-state index in [0.717, 1.165) is 23.2 Å². The smallest absolute Gasteiger partial charge is 0.283 e. The lowest BCUT2D eigenvalue weighted by Gasteiger charge is -2.19. The van der Waals surface area contributed by atoms with Crippen LogP contribution < -0.4 is 16.2 Å². The average Bonchev–Trinajstić information content (AvgIpc) is 3.34. The van der Waals surface area contributed by atoms with Crippen molar-refractivity contribution in [2.45, 2.75) is 46.3 Å². The van der Waals surface area contributed by atoms with Gasteiger partial charge in [0.2, 0.25) is 11.7 Å². The maximum absolute atomic E-state index is 13.7. The van der Waals surface area contributed by atoms with E-state index < -0.39 is 5.60 Å². The number of hydrogen-bond acceptors (Lipinski definition) is 6. The molecule has 2 aromatic heterocycles. The summed E-state index contributed by atoms with van der Waals surface area (Å²) < 4.78 is 3.05. The van der Waals surface area contributed by atoms with Crippen molar-refractivity contribution in [1.29, 1.82) is 0 Å². The monoisotopic (exact) mass is 512 g/mol. The van der Waals surface area contributed by atoms with Gasteiger partial charge in [-0.05, 0) is 63.9 Å². The molecule has 9 heteroatoms. The summed E-state index contributed by atoms with van der Waals surface area (Å²) in [5.41, 5.74) is 4.20. The van der Waals surface area contributed by atoms with Gasteiger partial charge in [0, 0.05) is 23.5 Å². The molecule has 0 saturated carbocycles. The van der Waals surface area contributed by atoms with Crippen molar-refractivity contribution in [2.75, 3.05) is 18.4 Å². The number of nitrogens with one attached hydrogen (secondary N) is 2. The number of amides is 1. The van der Waals surface area contributed by atoms with Crippen LogP contribution in [0.25, 0.3) is 22.7 Å². The zero-order valence-electron chi connectivity index (χ0n) is 22.1. The molecule has 2 aromatic carbocycles. The normalized spacial score (nSPS) is 14.0. The predicted molar refractivity (Wildman–Crippen MR) is 148 cm³/mol. The highest BCUT2D eigenvalue weighted by atomic mass is 16.3. The fourth-order valence-electron chi connectivity index (χ4n) is 4.70. The van der Waals surface area contributed by atoms with Gasteiger partial charge in [-0.2, -0.15) is 9.50 Å². The molecule has 9 nitrogen and oxygen atoms in total. The van der Waals surface area contributed by atoms with E-state index in [0.29, 0.717) is 47.1 Å². The highest BCUT2D eigenvalue weighted by Crippen LogP contribution is 2.25. The topological polar surface area (TPSA) is 114 Å². The quantitative estimate of drug-likeness (QED) is 0.365. The van der Waals surface area contributed by atoms with Crippen molar-refractivity contribution >= 4 is 22.9 Å². The van der Waals surface area contributed by atoms with Crippen LogP contribution in [0.15, 0.2) is 59.4 Å². The second-order valence-electron chi connectivity index (χ2n) is 10.2. The van der Waals surface area contributed by atoms with Crippen molar-refractivity contribution in [3.05, 3.63) is 87.3 Å². The molecular formula is C29H32N6O3. The van der Waals surface area contributed by atoms with Crippen molar-refractivity contribution < 1.29 is 9.90 Å². The maximum atomic E-state index is 13.7. The Balaban J connectivity index is 1.60. The molecule has 1 aliphatic heterocycles. The van der Waals surface area contributed by atoms with Crippen LogP contribution in [-0.4, -0.2) is 43.3 Å². The zero-order valence-corrected chi connectivity index (χ0v) is 22.1. The largest absolute Gasteiger partial charge is 0.386 e. The molecule has 38 heavy (non-hydrogen) atoms. The van der Waals surface area contributed by atoms with Gasteiger partial charge in [-0.15, -0.1) is 5.10 Å². The summed E-state index contributed by atoms with van der Waals surface area (Å²) in [5, 5.41) is 21.1. The number of hydrogen-bond donors (Lipinski definition) is 3. The molecule has 0 fully saturated rings. The van der Waals surface area contributed by atoms with Crippen LogP contribution in [0.4, 0.5) is 5.69 Å². The number of fused-ring (bicyclic) bond motifs is 1. The average molecular weight is 513 g/mol. The van der Waals surface area contributed by atoms with Crippen LogP contribution in [0.1, 0.15) is 42.7 Å². The summed E-state index contributed by atoms with van der Waals surface area (Å²) in [6, 6.07) is 14.9. The second-order valence-corrected chi connectivity index (χ2v) is 10.2. The molecule has 0 atom stereocenters. The second kappa shape index (κ2) is 10.00. The van der Waals surface area contributed by atoms with Gasteiger partial charge in [0.1, 0.15) is 6.54 Å². The van der Waals surface area contributed by atoms with Gasteiger partial charge >= 0.3 is 0 Å². The number of benzene rings is 2. The van der Waals surface area contributed by atoms with E-state index in [9.17, 15) is 14.7 Å². The molecule has 5 rings (SSSR count). The van der Waals surface area contributed by atoms with E-state index in [4.69, 9.17) is 4.98 Å². The highest BCUT2D eigenvalue weighted by Gasteiger charge is 2.23. The third-order valence-corrected chi connectivity index (χ3v) is 6.88. The molecular weight excluding hydrogens is 480 g/mol. The van der Waals surface area contributed by atoms with Gasteiger partial charge in [-0.3, -0.25) is 9.59 Å². The minimum atomic E-state index is -0.977. The Bertz CT molecular complexity index is 1590. The van der Waals surface area contributed by atoms with E-state index in [1.807, 2.05) is 68.5 Å². The van der Waals surface area contributed by atoms with Crippen LogP contribution in [-0.2, 0) is 16.9 Å². The van der Waals surface area contributed by atoms with Gasteiger partial charge in [0.05, 0.1) is 11.2 Å². The summed E-state index contributed by atoms with van der Waals surface area (Å²) >= 11 is 0. The SMILES string of the molecule is Cc1ccc(NC(=O)Cn2c(C)c(C3=CCNCC3)c(=O)n3nc(-c4ccc(C(C)(C)O)cc4)nc23)cc1. The minimum absolute atomic E-state index is 0.0300. The molecule has 1 aliphatic rings. The number of carbonyl (C=O) groups is 1. The number of nitrogens with zero attached hydrogens (tertiary/aromatic N) is 4. The van der Waals surface area contributed by atoms with E-state index in [2.05, 4.69) is 15.7 Å². The first-order valence-electron chi connectivity index (χ1n) is 12.7. The molecule has 196 valence electrons. The number of carbonyl (C=O) groups excluding carboxylic acids is 1. The summed E-state index contributed by atoms with van der Waals surface area (Å²) in [6.45, 7) is 8.70. The molecule has 0 spiro atoms. The Hall–Kier alpha value is -4.08. The number of rotatable bonds is 6.